The molecule has 0 bridgehead atoms. The highest BCUT2D eigenvalue weighted by atomic mass is 19.1. The SMILES string of the molecule is O=C1C(=O)N(Cc2ccncc2)C(c2ccccc2F)/C1=C(\O)c1ccc2c(c1)OCO2. The Hall–Kier alpha value is -4.20. The Morgan fingerprint density at radius 3 is 2.59 bits per heavy atom. The minimum Gasteiger partial charge on any atom is -0.507 e. The van der Waals surface area contributed by atoms with E-state index < -0.39 is 29.3 Å². The summed E-state index contributed by atoms with van der Waals surface area (Å²) in [5.74, 6) is -1.80. The molecule has 1 N–H and O–H groups in total. The van der Waals surface area contributed by atoms with Gasteiger partial charge in [-0.15, -0.1) is 0 Å². The number of carbonyl (C=O) groups is 2. The fraction of sp³-hybridized carbons (Fsp3) is 0.125. The second kappa shape index (κ2) is 7.81. The quantitative estimate of drug-likeness (QED) is 0.385. The number of hydrogen-bond donors (Lipinski definition) is 1. The van der Waals surface area contributed by atoms with E-state index in [9.17, 15) is 19.1 Å². The van der Waals surface area contributed by atoms with Crippen LogP contribution in [0.15, 0.2) is 72.6 Å². The number of aliphatic hydroxyl groups is 1. The maximum Gasteiger partial charge on any atom is 0.295 e. The molecule has 0 aliphatic carbocycles. The van der Waals surface area contributed by atoms with Crippen molar-refractivity contribution in [2.24, 2.45) is 0 Å². The smallest absolute Gasteiger partial charge is 0.295 e. The molecule has 2 aliphatic rings. The molecule has 0 saturated carbocycles. The zero-order valence-electron chi connectivity index (χ0n) is 16.7. The molecule has 1 aromatic heterocycles. The molecule has 0 radical (unpaired) electrons. The monoisotopic (exact) mass is 432 g/mol. The van der Waals surface area contributed by atoms with Gasteiger partial charge in [0.05, 0.1) is 11.6 Å². The first-order valence-corrected chi connectivity index (χ1v) is 9.86. The molecule has 32 heavy (non-hydrogen) atoms. The van der Waals surface area contributed by atoms with Crippen LogP contribution in [0, 0.1) is 5.82 Å². The first-order valence-electron chi connectivity index (χ1n) is 9.86. The molecule has 7 nitrogen and oxygen atoms in total. The number of rotatable bonds is 4. The molecule has 0 spiro atoms. The van der Waals surface area contributed by atoms with Crippen molar-refractivity contribution in [3.63, 3.8) is 0 Å². The Bertz CT molecular complexity index is 1260. The normalized spacial score (nSPS) is 18.9. The average Bonchev–Trinajstić information content (AvgIpc) is 3.38. The maximum atomic E-state index is 14.8. The third kappa shape index (κ3) is 3.26. The number of carbonyl (C=O) groups excluding carboxylic acids is 2. The molecule has 1 fully saturated rings. The number of ketones is 1. The summed E-state index contributed by atoms with van der Waals surface area (Å²) < 4.78 is 25.5. The van der Waals surface area contributed by atoms with Gasteiger partial charge in [0.1, 0.15) is 11.6 Å². The van der Waals surface area contributed by atoms with Crippen LogP contribution >= 0.6 is 0 Å². The predicted octanol–water partition coefficient (Wildman–Crippen LogP) is 3.57. The minimum atomic E-state index is -1.10. The number of hydrogen-bond acceptors (Lipinski definition) is 6. The zero-order chi connectivity index (χ0) is 22.2. The standard InChI is InChI=1S/C24H17FN2O5/c25-17-4-2-1-3-16(17)21-20(22(28)15-5-6-18-19(11-15)32-13-31-18)23(29)24(30)27(21)12-14-7-9-26-10-8-14/h1-11,21,28H,12-13H2/b22-20+. The van der Waals surface area contributed by atoms with Crippen LogP contribution in [0.4, 0.5) is 4.39 Å². The number of amides is 1. The van der Waals surface area contributed by atoms with E-state index in [1.54, 1.807) is 42.7 Å². The van der Waals surface area contributed by atoms with Crippen molar-refractivity contribution in [3.05, 3.63) is 95.1 Å². The van der Waals surface area contributed by atoms with Crippen LogP contribution in [-0.2, 0) is 16.1 Å². The number of Topliss-reactive ketones (excluding diaryl/α,β-unsaturated/α-hetero) is 1. The van der Waals surface area contributed by atoms with Crippen LogP contribution in [0.5, 0.6) is 11.5 Å². The predicted molar refractivity (Wildman–Crippen MR) is 111 cm³/mol. The second-order valence-corrected chi connectivity index (χ2v) is 7.37. The Balaban J connectivity index is 1.66. The van der Waals surface area contributed by atoms with Crippen molar-refractivity contribution in [1.82, 2.24) is 9.88 Å². The molecular formula is C24H17FN2O5. The van der Waals surface area contributed by atoms with Crippen molar-refractivity contribution in [2.75, 3.05) is 6.79 Å². The number of nitrogens with zero attached hydrogens (tertiary/aromatic N) is 2. The summed E-state index contributed by atoms with van der Waals surface area (Å²) >= 11 is 0. The van der Waals surface area contributed by atoms with Gasteiger partial charge in [0.25, 0.3) is 11.7 Å². The van der Waals surface area contributed by atoms with Gasteiger partial charge in [0.2, 0.25) is 6.79 Å². The molecule has 3 aromatic rings. The molecule has 2 aliphatic heterocycles. The Labute approximate surface area is 182 Å². The number of benzene rings is 2. The van der Waals surface area contributed by atoms with Gasteiger partial charge >= 0.3 is 0 Å². The largest absolute Gasteiger partial charge is 0.507 e. The van der Waals surface area contributed by atoms with Crippen molar-refractivity contribution in [1.29, 1.82) is 0 Å². The fourth-order valence-corrected chi connectivity index (χ4v) is 3.95. The number of ether oxygens (including phenoxy) is 2. The molecule has 1 atom stereocenters. The van der Waals surface area contributed by atoms with E-state index in [-0.39, 0.29) is 30.0 Å². The number of pyridine rings is 1. The first kappa shape index (κ1) is 19.7. The average molecular weight is 432 g/mol. The molecular weight excluding hydrogens is 415 g/mol. The lowest BCUT2D eigenvalue weighted by molar-refractivity contribution is -0.140. The van der Waals surface area contributed by atoms with Crippen molar-refractivity contribution >= 4 is 17.4 Å². The van der Waals surface area contributed by atoms with E-state index in [1.807, 2.05) is 0 Å². The first-order chi connectivity index (χ1) is 15.5. The Kier molecular flexibility index (Phi) is 4.82. The van der Waals surface area contributed by atoms with Gasteiger partial charge in [0.15, 0.2) is 11.5 Å². The van der Waals surface area contributed by atoms with Crippen LogP contribution in [0.1, 0.15) is 22.7 Å². The van der Waals surface area contributed by atoms with Crippen LogP contribution in [0.2, 0.25) is 0 Å². The summed E-state index contributed by atoms with van der Waals surface area (Å²) in [6.07, 6.45) is 3.13. The lowest BCUT2D eigenvalue weighted by Crippen LogP contribution is -2.29. The molecule has 1 amide bonds. The van der Waals surface area contributed by atoms with Gasteiger partial charge in [-0.3, -0.25) is 14.6 Å². The highest BCUT2D eigenvalue weighted by Crippen LogP contribution is 2.42. The summed E-state index contributed by atoms with van der Waals surface area (Å²) in [5, 5.41) is 11.1. The van der Waals surface area contributed by atoms with Crippen molar-refractivity contribution in [3.8, 4) is 11.5 Å². The van der Waals surface area contributed by atoms with Crippen LogP contribution in [0.3, 0.4) is 0 Å². The zero-order valence-corrected chi connectivity index (χ0v) is 16.7. The molecule has 1 saturated heterocycles. The van der Waals surface area contributed by atoms with E-state index in [0.717, 1.165) is 0 Å². The van der Waals surface area contributed by atoms with E-state index in [0.29, 0.717) is 17.1 Å². The molecule has 3 heterocycles. The second-order valence-electron chi connectivity index (χ2n) is 7.37. The van der Waals surface area contributed by atoms with Gasteiger partial charge in [-0.25, -0.2) is 4.39 Å². The number of fused-ring (bicyclic) bond motifs is 1. The highest BCUT2D eigenvalue weighted by molar-refractivity contribution is 6.46. The number of aliphatic hydroxyl groups excluding tert-OH is 1. The topological polar surface area (TPSA) is 89.0 Å². The van der Waals surface area contributed by atoms with E-state index in [4.69, 9.17) is 9.47 Å². The fourth-order valence-electron chi connectivity index (χ4n) is 3.95. The van der Waals surface area contributed by atoms with Gasteiger partial charge < -0.3 is 19.5 Å². The molecule has 8 heteroatoms. The lowest BCUT2D eigenvalue weighted by atomic mass is 9.94. The molecule has 5 rings (SSSR count). The summed E-state index contributed by atoms with van der Waals surface area (Å²) in [5.41, 5.74) is 0.903. The molecule has 2 aromatic carbocycles. The third-order valence-electron chi connectivity index (χ3n) is 5.49. The Morgan fingerprint density at radius 1 is 1.06 bits per heavy atom. The summed E-state index contributed by atoms with van der Waals surface area (Å²) in [6.45, 7) is 0.0924. The summed E-state index contributed by atoms with van der Waals surface area (Å²) in [6, 6.07) is 12.9. The van der Waals surface area contributed by atoms with E-state index in [2.05, 4.69) is 4.98 Å². The third-order valence-corrected chi connectivity index (χ3v) is 5.49. The summed E-state index contributed by atoms with van der Waals surface area (Å²) in [7, 11) is 0. The van der Waals surface area contributed by atoms with Crippen LogP contribution < -0.4 is 9.47 Å². The number of likely N-dealkylation sites (tertiary alicyclic amines) is 1. The highest BCUT2D eigenvalue weighted by Gasteiger charge is 2.47. The van der Waals surface area contributed by atoms with Gasteiger partial charge in [-0.2, -0.15) is 0 Å². The Morgan fingerprint density at radius 2 is 1.81 bits per heavy atom. The number of halogens is 1. The van der Waals surface area contributed by atoms with Crippen LogP contribution in [-0.4, -0.2) is 33.5 Å². The van der Waals surface area contributed by atoms with E-state index in [1.165, 1.54) is 29.2 Å². The van der Waals surface area contributed by atoms with Gasteiger partial charge in [-0.05, 0) is 42.0 Å². The van der Waals surface area contributed by atoms with Crippen molar-refractivity contribution < 1.29 is 28.6 Å². The summed E-state index contributed by atoms with van der Waals surface area (Å²) in [4.78, 5) is 31.2. The van der Waals surface area contributed by atoms with Gasteiger partial charge in [-0.1, -0.05) is 18.2 Å². The lowest BCUT2D eigenvalue weighted by Gasteiger charge is -2.25. The van der Waals surface area contributed by atoms with E-state index >= 15 is 0 Å². The minimum absolute atomic E-state index is 0.0456. The van der Waals surface area contributed by atoms with Crippen molar-refractivity contribution in [2.45, 2.75) is 12.6 Å². The van der Waals surface area contributed by atoms with Crippen LogP contribution in [0.25, 0.3) is 5.76 Å². The molecule has 1 unspecified atom stereocenters. The molecule has 160 valence electrons. The maximum absolute atomic E-state index is 14.8. The number of aromatic nitrogens is 1. The van der Waals surface area contributed by atoms with Gasteiger partial charge in [0, 0.05) is 30.1 Å².